The lowest BCUT2D eigenvalue weighted by atomic mass is 10.3. The fraction of sp³-hybridized carbons (Fsp3) is 0.455. The van der Waals surface area contributed by atoms with Crippen molar-refractivity contribution in [2.75, 3.05) is 0 Å². The summed E-state index contributed by atoms with van der Waals surface area (Å²) in [5.41, 5.74) is 2.13. The van der Waals surface area contributed by atoms with Gasteiger partial charge in [-0.05, 0) is 31.4 Å². The molecule has 1 N–H and O–H groups in total. The Morgan fingerprint density at radius 1 is 1.53 bits per heavy atom. The molecule has 0 saturated heterocycles. The van der Waals surface area contributed by atoms with Crippen molar-refractivity contribution in [2.45, 2.75) is 32.4 Å². The highest BCUT2D eigenvalue weighted by atomic mass is 15.3. The summed E-state index contributed by atoms with van der Waals surface area (Å²) in [6, 6.07) is 4.76. The lowest BCUT2D eigenvalue weighted by Crippen LogP contribution is -2.16. The summed E-state index contributed by atoms with van der Waals surface area (Å²) in [7, 11) is 0. The van der Waals surface area contributed by atoms with E-state index >= 15 is 0 Å². The van der Waals surface area contributed by atoms with Gasteiger partial charge in [-0.1, -0.05) is 6.07 Å². The summed E-state index contributed by atoms with van der Waals surface area (Å²) in [5.74, 6) is 0.885. The zero-order valence-electron chi connectivity index (χ0n) is 8.77. The minimum atomic E-state index is 0.706. The molecule has 1 aliphatic rings. The molecule has 0 unspecified atom stereocenters. The van der Waals surface area contributed by atoms with Gasteiger partial charge in [0, 0.05) is 12.2 Å². The first-order chi connectivity index (χ1) is 7.33. The van der Waals surface area contributed by atoms with Crippen molar-refractivity contribution < 1.29 is 0 Å². The van der Waals surface area contributed by atoms with Crippen LogP contribution in [-0.2, 0) is 6.54 Å². The van der Waals surface area contributed by atoms with Gasteiger partial charge >= 0.3 is 0 Å². The molecule has 2 heterocycles. The first-order valence-corrected chi connectivity index (χ1v) is 5.37. The van der Waals surface area contributed by atoms with Gasteiger partial charge in [0.1, 0.15) is 0 Å². The molecule has 0 atom stereocenters. The van der Waals surface area contributed by atoms with Crippen LogP contribution in [0.3, 0.4) is 0 Å². The van der Waals surface area contributed by atoms with Gasteiger partial charge < -0.3 is 5.32 Å². The number of nitrogens with one attached hydrogen (secondary N) is 1. The zero-order valence-corrected chi connectivity index (χ0v) is 8.77. The monoisotopic (exact) mass is 202 g/mol. The van der Waals surface area contributed by atoms with E-state index in [1.54, 1.807) is 0 Å². The minimum Gasteiger partial charge on any atom is -0.307 e. The molecule has 1 aliphatic carbocycles. The van der Waals surface area contributed by atoms with Crippen molar-refractivity contribution in [1.29, 1.82) is 0 Å². The molecule has 78 valence electrons. The van der Waals surface area contributed by atoms with E-state index in [-0.39, 0.29) is 0 Å². The molecule has 4 heteroatoms. The van der Waals surface area contributed by atoms with Crippen molar-refractivity contribution >= 4 is 5.65 Å². The predicted molar refractivity (Wildman–Crippen MR) is 57.6 cm³/mol. The van der Waals surface area contributed by atoms with Gasteiger partial charge in [0.05, 0.1) is 6.54 Å². The Hall–Kier alpha value is -1.42. The standard InChI is InChI=1S/C11H14N4/c1-8-3-2-6-15-11(8)13-10(14-15)7-12-9-4-5-9/h2-3,6,9,12H,4-5,7H2,1H3. The van der Waals surface area contributed by atoms with Crippen LogP contribution in [0.2, 0.25) is 0 Å². The second kappa shape index (κ2) is 3.31. The van der Waals surface area contributed by atoms with E-state index in [0.29, 0.717) is 6.04 Å². The number of nitrogens with zero attached hydrogens (tertiary/aromatic N) is 3. The fourth-order valence-electron chi connectivity index (χ4n) is 1.68. The molecule has 0 amide bonds. The van der Waals surface area contributed by atoms with E-state index in [1.807, 2.05) is 16.8 Å². The van der Waals surface area contributed by atoms with Crippen LogP contribution in [0.4, 0.5) is 0 Å². The van der Waals surface area contributed by atoms with Crippen LogP contribution < -0.4 is 5.32 Å². The molecule has 0 aromatic carbocycles. The first kappa shape index (κ1) is 8.85. The zero-order chi connectivity index (χ0) is 10.3. The van der Waals surface area contributed by atoms with Crippen LogP contribution in [0, 0.1) is 6.92 Å². The third kappa shape index (κ3) is 1.72. The Bertz CT molecular complexity index is 484. The summed E-state index contributed by atoms with van der Waals surface area (Å²) in [6.45, 7) is 2.84. The Morgan fingerprint density at radius 3 is 3.13 bits per heavy atom. The smallest absolute Gasteiger partial charge is 0.165 e. The van der Waals surface area contributed by atoms with E-state index in [2.05, 4.69) is 28.4 Å². The van der Waals surface area contributed by atoms with Gasteiger partial charge in [-0.3, -0.25) is 0 Å². The van der Waals surface area contributed by atoms with Crippen molar-refractivity contribution in [3.05, 3.63) is 29.7 Å². The largest absolute Gasteiger partial charge is 0.307 e. The number of hydrogen-bond donors (Lipinski definition) is 1. The van der Waals surface area contributed by atoms with E-state index in [1.165, 1.54) is 18.4 Å². The van der Waals surface area contributed by atoms with Gasteiger partial charge in [0.25, 0.3) is 0 Å². The van der Waals surface area contributed by atoms with Gasteiger partial charge in [-0.25, -0.2) is 9.50 Å². The molecular weight excluding hydrogens is 188 g/mol. The summed E-state index contributed by atoms with van der Waals surface area (Å²) in [6.07, 6.45) is 4.54. The third-order valence-electron chi connectivity index (χ3n) is 2.73. The number of aromatic nitrogens is 3. The molecule has 4 nitrogen and oxygen atoms in total. The normalized spacial score (nSPS) is 16.1. The topological polar surface area (TPSA) is 42.2 Å². The van der Waals surface area contributed by atoms with Crippen LogP contribution in [0.1, 0.15) is 24.2 Å². The predicted octanol–water partition coefficient (Wildman–Crippen LogP) is 1.29. The molecule has 3 rings (SSSR count). The molecule has 1 fully saturated rings. The van der Waals surface area contributed by atoms with Crippen LogP contribution in [0.25, 0.3) is 5.65 Å². The lowest BCUT2D eigenvalue weighted by molar-refractivity contribution is 0.656. The number of fused-ring (bicyclic) bond motifs is 1. The van der Waals surface area contributed by atoms with Crippen LogP contribution in [-0.4, -0.2) is 20.6 Å². The second-order valence-electron chi connectivity index (χ2n) is 4.14. The molecule has 0 aliphatic heterocycles. The third-order valence-corrected chi connectivity index (χ3v) is 2.73. The summed E-state index contributed by atoms with van der Waals surface area (Å²) in [4.78, 5) is 4.50. The molecular formula is C11H14N4. The van der Waals surface area contributed by atoms with Crippen molar-refractivity contribution in [1.82, 2.24) is 19.9 Å². The van der Waals surface area contributed by atoms with E-state index in [4.69, 9.17) is 0 Å². The lowest BCUT2D eigenvalue weighted by Gasteiger charge is -1.95. The number of aryl methyl sites for hydroxylation is 1. The van der Waals surface area contributed by atoms with Crippen molar-refractivity contribution in [2.24, 2.45) is 0 Å². The van der Waals surface area contributed by atoms with Crippen molar-refractivity contribution in [3.63, 3.8) is 0 Å². The Labute approximate surface area is 88.3 Å². The SMILES string of the molecule is Cc1cccn2nc(CNC3CC3)nc12. The highest BCUT2D eigenvalue weighted by Crippen LogP contribution is 2.19. The Kier molecular flexibility index (Phi) is 1.95. The van der Waals surface area contributed by atoms with Gasteiger partial charge in [-0.2, -0.15) is 0 Å². The molecule has 2 aromatic rings. The quantitative estimate of drug-likeness (QED) is 0.815. The fourth-order valence-corrected chi connectivity index (χ4v) is 1.68. The molecule has 0 radical (unpaired) electrons. The van der Waals surface area contributed by atoms with Gasteiger partial charge in [0.2, 0.25) is 0 Å². The average molecular weight is 202 g/mol. The molecule has 1 saturated carbocycles. The Balaban J connectivity index is 1.88. The molecule has 2 aromatic heterocycles. The highest BCUT2D eigenvalue weighted by Gasteiger charge is 2.20. The van der Waals surface area contributed by atoms with Crippen LogP contribution in [0.5, 0.6) is 0 Å². The van der Waals surface area contributed by atoms with E-state index < -0.39 is 0 Å². The number of hydrogen-bond acceptors (Lipinski definition) is 3. The number of rotatable bonds is 3. The van der Waals surface area contributed by atoms with Gasteiger partial charge in [-0.15, -0.1) is 5.10 Å². The maximum atomic E-state index is 4.50. The van der Waals surface area contributed by atoms with Gasteiger partial charge in [0.15, 0.2) is 11.5 Å². The van der Waals surface area contributed by atoms with Crippen LogP contribution >= 0.6 is 0 Å². The first-order valence-electron chi connectivity index (χ1n) is 5.37. The summed E-state index contributed by atoms with van der Waals surface area (Å²) in [5, 5.41) is 7.83. The highest BCUT2D eigenvalue weighted by molar-refractivity contribution is 5.45. The maximum Gasteiger partial charge on any atom is 0.165 e. The second-order valence-corrected chi connectivity index (χ2v) is 4.14. The van der Waals surface area contributed by atoms with Crippen LogP contribution in [0.15, 0.2) is 18.3 Å². The molecule has 0 bridgehead atoms. The van der Waals surface area contributed by atoms with E-state index in [9.17, 15) is 0 Å². The summed E-state index contributed by atoms with van der Waals surface area (Å²) >= 11 is 0. The molecule has 15 heavy (non-hydrogen) atoms. The van der Waals surface area contributed by atoms with Crippen molar-refractivity contribution in [3.8, 4) is 0 Å². The Morgan fingerprint density at radius 2 is 2.40 bits per heavy atom. The average Bonchev–Trinajstić information content (AvgIpc) is 2.95. The van der Waals surface area contributed by atoms with E-state index in [0.717, 1.165) is 18.0 Å². The molecule has 0 spiro atoms. The maximum absolute atomic E-state index is 4.50. The minimum absolute atomic E-state index is 0.706. The summed E-state index contributed by atoms with van der Waals surface area (Å²) < 4.78 is 1.85. The number of pyridine rings is 1.